The molecular weight excluding hydrogens is 432 g/mol. The summed E-state index contributed by atoms with van der Waals surface area (Å²) >= 11 is 1.60. The van der Waals surface area contributed by atoms with Crippen LogP contribution in [0.25, 0.3) is 6.08 Å². The van der Waals surface area contributed by atoms with Crippen LogP contribution in [0.1, 0.15) is 71.5 Å². The Hall–Kier alpha value is -3.06. The Morgan fingerprint density at radius 1 is 1.24 bits per heavy atom. The van der Waals surface area contributed by atoms with Gasteiger partial charge in [0, 0.05) is 30.1 Å². The second-order valence-corrected chi connectivity index (χ2v) is 10.6. The highest BCUT2D eigenvalue weighted by Gasteiger charge is 2.41. The highest BCUT2D eigenvalue weighted by Crippen LogP contribution is 2.41. The zero-order chi connectivity index (χ0) is 23.0. The van der Waals surface area contributed by atoms with Gasteiger partial charge in [-0.1, -0.05) is 26.0 Å². The Bertz CT molecular complexity index is 1190. The molecule has 1 atom stereocenters. The van der Waals surface area contributed by atoms with Crippen molar-refractivity contribution in [3.8, 4) is 0 Å². The highest BCUT2D eigenvalue weighted by molar-refractivity contribution is 7.10. The van der Waals surface area contributed by atoms with E-state index in [1.807, 2.05) is 51.4 Å². The fourth-order valence-corrected chi connectivity index (χ4v) is 5.62. The topological polar surface area (TPSA) is 68.1 Å². The van der Waals surface area contributed by atoms with Crippen molar-refractivity contribution < 1.29 is 9.59 Å². The Morgan fingerprint density at radius 2 is 2.12 bits per heavy atom. The number of thiophene rings is 1. The minimum atomic E-state index is -0.172. The number of likely N-dealkylation sites (tertiary alicyclic amines) is 1. The van der Waals surface area contributed by atoms with Crippen molar-refractivity contribution in [2.75, 3.05) is 6.54 Å². The second kappa shape index (κ2) is 8.71. The molecule has 6 nitrogen and oxygen atoms in total. The molecular formula is C26H28N4O2S. The van der Waals surface area contributed by atoms with Crippen LogP contribution in [0.2, 0.25) is 0 Å². The summed E-state index contributed by atoms with van der Waals surface area (Å²) in [6.45, 7) is 5.46. The smallest absolute Gasteiger partial charge is 0.247 e. The van der Waals surface area contributed by atoms with Crippen LogP contribution in [-0.4, -0.2) is 37.9 Å². The predicted molar refractivity (Wildman–Crippen MR) is 129 cm³/mol. The van der Waals surface area contributed by atoms with Gasteiger partial charge in [-0.15, -0.1) is 11.3 Å². The van der Waals surface area contributed by atoms with Crippen LogP contribution in [0.4, 0.5) is 0 Å². The molecule has 4 heterocycles. The third-order valence-electron chi connectivity index (χ3n) is 6.47. The first-order valence-electron chi connectivity index (χ1n) is 11.5. The van der Waals surface area contributed by atoms with Crippen molar-refractivity contribution in [3.63, 3.8) is 0 Å². The molecule has 170 valence electrons. The van der Waals surface area contributed by atoms with Gasteiger partial charge in [0.05, 0.1) is 35.2 Å². The van der Waals surface area contributed by atoms with Crippen molar-refractivity contribution in [1.29, 1.82) is 0 Å². The van der Waals surface area contributed by atoms with E-state index in [1.54, 1.807) is 23.6 Å². The standard InChI is InChI=1S/C26H28N4O2S/c1-26(2)15-21-24(22(31)16-26)25(28-30(21)17-18-7-3-4-12-27-18)20-9-5-13-29(20)23(32)11-10-19-8-6-14-33-19/h3-4,6-8,10-12,14,20H,5,9,13,15-17H2,1-2H3/b11-10+/t20-/m0/s1. The van der Waals surface area contributed by atoms with E-state index in [2.05, 4.69) is 18.8 Å². The lowest BCUT2D eigenvalue weighted by Gasteiger charge is -2.30. The van der Waals surface area contributed by atoms with Gasteiger partial charge < -0.3 is 4.90 Å². The number of hydrogen-bond acceptors (Lipinski definition) is 5. The van der Waals surface area contributed by atoms with Gasteiger partial charge in [-0.3, -0.25) is 19.3 Å². The number of carbonyl (C=O) groups is 2. The van der Waals surface area contributed by atoms with Crippen LogP contribution in [0.3, 0.4) is 0 Å². The molecule has 1 aliphatic carbocycles. The minimum absolute atomic E-state index is 0.0254. The number of carbonyl (C=O) groups excluding carboxylic acids is 2. The van der Waals surface area contributed by atoms with E-state index in [0.29, 0.717) is 19.5 Å². The lowest BCUT2D eigenvalue weighted by atomic mass is 9.75. The van der Waals surface area contributed by atoms with Crippen LogP contribution < -0.4 is 0 Å². The predicted octanol–water partition coefficient (Wildman–Crippen LogP) is 4.92. The number of Topliss-reactive ketones (excluding diaryl/α,β-unsaturated/α-hetero) is 1. The number of hydrogen-bond donors (Lipinski definition) is 0. The molecule has 5 rings (SSSR count). The zero-order valence-corrected chi connectivity index (χ0v) is 19.8. The fraction of sp³-hybridized carbons (Fsp3) is 0.385. The Balaban J connectivity index is 1.50. The van der Waals surface area contributed by atoms with Crippen molar-refractivity contribution in [2.45, 2.75) is 52.1 Å². The molecule has 0 aromatic carbocycles. The van der Waals surface area contributed by atoms with Gasteiger partial charge in [0.2, 0.25) is 5.91 Å². The Labute approximate surface area is 198 Å². The number of aromatic nitrogens is 3. The molecule has 1 amide bonds. The minimum Gasteiger partial charge on any atom is -0.330 e. The first-order valence-corrected chi connectivity index (χ1v) is 12.3. The first-order chi connectivity index (χ1) is 15.9. The molecule has 0 bridgehead atoms. The molecule has 0 spiro atoms. The molecule has 3 aromatic heterocycles. The second-order valence-electron chi connectivity index (χ2n) is 9.67. The van der Waals surface area contributed by atoms with Gasteiger partial charge in [-0.25, -0.2) is 0 Å². The van der Waals surface area contributed by atoms with Crippen molar-refractivity contribution in [3.05, 3.63) is 75.5 Å². The maximum Gasteiger partial charge on any atom is 0.247 e. The maximum atomic E-state index is 13.3. The zero-order valence-electron chi connectivity index (χ0n) is 19.0. The van der Waals surface area contributed by atoms with Gasteiger partial charge >= 0.3 is 0 Å². The summed E-state index contributed by atoms with van der Waals surface area (Å²) in [6, 6.07) is 9.63. The average Bonchev–Trinajstić information content (AvgIpc) is 3.52. The normalized spacial score (nSPS) is 19.9. The summed E-state index contributed by atoms with van der Waals surface area (Å²) in [5, 5.41) is 6.96. The SMILES string of the molecule is CC1(C)CC(=O)c2c([C@@H]3CCCN3C(=O)/C=C/c3cccs3)nn(Cc3ccccn3)c2C1. The highest BCUT2D eigenvalue weighted by atomic mass is 32.1. The molecule has 3 aromatic rings. The molecule has 0 saturated carbocycles. The van der Waals surface area contributed by atoms with Crippen LogP contribution in [-0.2, 0) is 17.8 Å². The number of rotatable bonds is 5. The maximum absolute atomic E-state index is 13.3. The summed E-state index contributed by atoms with van der Waals surface area (Å²) in [7, 11) is 0. The van der Waals surface area contributed by atoms with Crippen molar-refractivity contribution >= 4 is 29.1 Å². The molecule has 2 aliphatic rings. The molecule has 1 fully saturated rings. The van der Waals surface area contributed by atoms with Crippen molar-refractivity contribution in [1.82, 2.24) is 19.7 Å². The monoisotopic (exact) mass is 460 g/mol. The van der Waals surface area contributed by atoms with Gasteiger partial charge in [-0.2, -0.15) is 5.10 Å². The summed E-state index contributed by atoms with van der Waals surface area (Å²) < 4.78 is 1.95. The van der Waals surface area contributed by atoms with Gasteiger partial charge in [0.25, 0.3) is 0 Å². The van der Waals surface area contributed by atoms with Crippen LogP contribution >= 0.6 is 11.3 Å². The number of amides is 1. The van der Waals surface area contributed by atoms with E-state index in [0.717, 1.165) is 46.8 Å². The lowest BCUT2D eigenvalue weighted by Crippen LogP contribution is -2.32. The summed E-state index contributed by atoms with van der Waals surface area (Å²) in [4.78, 5) is 33.8. The third kappa shape index (κ3) is 4.42. The molecule has 1 saturated heterocycles. The summed E-state index contributed by atoms with van der Waals surface area (Å²) in [5.41, 5.74) is 3.26. The molecule has 33 heavy (non-hydrogen) atoms. The van der Waals surface area contributed by atoms with E-state index in [9.17, 15) is 9.59 Å². The van der Waals surface area contributed by atoms with E-state index >= 15 is 0 Å². The first kappa shape index (κ1) is 21.8. The Kier molecular flexibility index (Phi) is 5.74. The molecule has 0 N–H and O–H groups in total. The number of nitrogens with zero attached hydrogens (tertiary/aromatic N) is 4. The van der Waals surface area contributed by atoms with E-state index in [1.165, 1.54) is 0 Å². The van der Waals surface area contributed by atoms with E-state index in [-0.39, 0.29) is 23.1 Å². The molecule has 0 radical (unpaired) electrons. The third-order valence-corrected chi connectivity index (χ3v) is 7.31. The number of pyridine rings is 1. The largest absolute Gasteiger partial charge is 0.330 e. The van der Waals surface area contributed by atoms with E-state index < -0.39 is 0 Å². The molecule has 1 aliphatic heterocycles. The Morgan fingerprint density at radius 3 is 2.88 bits per heavy atom. The van der Waals surface area contributed by atoms with Crippen molar-refractivity contribution in [2.24, 2.45) is 5.41 Å². The quantitative estimate of drug-likeness (QED) is 0.507. The lowest BCUT2D eigenvalue weighted by molar-refractivity contribution is -0.126. The number of fused-ring (bicyclic) bond motifs is 1. The van der Waals surface area contributed by atoms with E-state index in [4.69, 9.17) is 5.10 Å². The number of ketones is 1. The van der Waals surface area contributed by atoms with Crippen LogP contribution in [0.15, 0.2) is 48.0 Å². The summed E-state index contributed by atoms with van der Waals surface area (Å²) in [6.07, 6.45) is 8.30. The van der Waals surface area contributed by atoms with Crippen LogP contribution in [0, 0.1) is 5.41 Å². The van der Waals surface area contributed by atoms with Gasteiger partial charge in [0.1, 0.15) is 0 Å². The van der Waals surface area contributed by atoms with Crippen LogP contribution in [0.5, 0.6) is 0 Å². The molecule has 7 heteroatoms. The molecule has 0 unspecified atom stereocenters. The fourth-order valence-electron chi connectivity index (χ4n) is 5.00. The van der Waals surface area contributed by atoms with Gasteiger partial charge in [-0.05, 0) is 54.3 Å². The summed E-state index contributed by atoms with van der Waals surface area (Å²) in [5.74, 6) is 0.111. The average molecular weight is 461 g/mol. The van der Waals surface area contributed by atoms with Gasteiger partial charge in [0.15, 0.2) is 5.78 Å².